The minimum atomic E-state index is -3.37. The smallest absolute Gasteiger partial charge is 0.292 e. The van der Waals surface area contributed by atoms with Crippen molar-refractivity contribution in [2.24, 2.45) is 0 Å². The molecule has 1 N–H and O–H groups in total. The van der Waals surface area contributed by atoms with Gasteiger partial charge in [-0.3, -0.25) is 4.79 Å². The summed E-state index contributed by atoms with van der Waals surface area (Å²) in [5.74, 6) is -0.298. The maximum Gasteiger partial charge on any atom is 0.292 e. The Kier molecular flexibility index (Phi) is 5.17. The first kappa shape index (κ1) is 19.9. The molecule has 0 aliphatic carbocycles. The second-order valence-electron chi connectivity index (χ2n) is 7.24. The number of amides is 1. The average Bonchev–Trinajstić information content (AvgIpc) is 3.22. The summed E-state index contributed by atoms with van der Waals surface area (Å²) < 4.78 is 31.3. The van der Waals surface area contributed by atoms with E-state index >= 15 is 0 Å². The number of sulfone groups is 1. The molecule has 4 aromatic rings. The van der Waals surface area contributed by atoms with Gasteiger partial charge in [-0.25, -0.2) is 13.1 Å². The number of hydrogen-bond acceptors (Lipinski definition) is 5. The standard InChI is InChI=1S/C22H21N3O4S/c1-15-12-20(25(24-15)13-16-8-4-3-5-9-16)23-22(26)21-18(14-30(2,27)28)17-10-6-7-11-19(17)29-21/h3-12H,13-14H2,1-2H3,(H,23,26). The molecule has 0 atom stereocenters. The third-order valence-corrected chi connectivity index (χ3v) is 5.44. The maximum atomic E-state index is 13.1. The molecule has 30 heavy (non-hydrogen) atoms. The topological polar surface area (TPSA) is 94.2 Å². The van der Waals surface area contributed by atoms with Crippen LogP contribution in [0.4, 0.5) is 5.82 Å². The molecule has 1 amide bonds. The summed E-state index contributed by atoms with van der Waals surface area (Å²) >= 11 is 0. The van der Waals surface area contributed by atoms with Gasteiger partial charge in [0, 0.05) is 23.3 Å². The van der Waals surface area contributed by atoms with Crippen LogP contribution in [0.25, 0.3) is 11.0 Å². The van der Waals surface area contributed by atoms with Crippen molar-refractivity contribution in [3.63, 3.8) is 0 Å². The number of anilines is 1. The number of aryl methyl sites for hydroxylation is 1. The van der Waals surface area contributed by atoms with E-state index in [-0.39, 0.29) is 11.5 Å². The van der Waals surface area contributed by atoms with Gasteiger partial charge in [0.15, 0.2) is 15.6 Å². The van der Waals surface area contributed by atoms with Crippen LogP contribution in [0.1, 0.15) is 27.4 Å². The molecule has 0 bridgehead atoms. The molecule has 0 unspecified atom stereocenters. The Morgan fingerprint density at radius 2 is 1.80 bits per heavy atom. The molecular formula is C22H21N3O4S. The van der Waals surface area contributed by atoms with E-state index in [9.17, 15) is 13.2 Å². The Bertz CT molecular complexity index is 1320. The number of hydrogen-bond donors (Lipinski definition) is 1. The molecule has 0 saturated carbocycles. The monoisotopic (exact) mass is 423 g/mol. The minimum absolute atomic E-state index is 0.00765. The van der Waals surface area contributed by atoms with Gasteiger partial charge in [0.1, 0.15) is 11.4 Å². The average molecular weight is 423 g/mol. The van der Waals surface area contributed by atoms with E-state index in [4.69, 9.17) is 4.42 Å². The van der Waals surface area contributed by atoms with Crippen LogP contribution in [-0.2, 0) is 22.1 Å². The zero-order valence-corrected chi connectivity index (χ0v) is 17.4. The summed E-state index contributed by atoms with van der Waals surface area (Å²) in [5, 5.41) is 7.89. The van der Waals surface area contributed by atoms with Crippen LogP contribution in [-0.4, -0.2) is 30.4 Å². The number of carbonyl (C=O) groups excluding carboxylic acids is 1. The maximum absolute atomic E-state index is 13.1. The molecule has 0 aliphatic heterocycles. The molecule has 0 fully saturated rings. The third-order valence-electron chi connectivity index (χ3n) is 4.63. The van der Waals surface area contributed by atoms with Crippen molar-refractivity contribution in [2.45, 2.75) is 19.2 Å². The van der Waals surface area contributed by atoms with Crippen LogP contribution in [0.5, 0.6) is 0 Å². The number of para-hydroxylation sites is 1. The zero-order chi connectivity index (χ0) is 21.3. The summed E-state index contributed by atoms with van der Waals surface area (Å²) in [6.45, 7) is 2.33. The van der Waals surface area contributed by atoms with Crippen LogP contribution in [0, 0.1) is 6.92 Å². The molecule has 0 aliphatic rings. The summed E-state index contributed by atoms with van der Waals surface area (Å²) in [5.41, 5.74) is 2.62. The van der Waals surface area contributed by atoms with Crippen molar-refractivity contribution in [1.82, 2.24) is 9.78 Å². The minimum Gasteiger partial charge on any atom is -0.451 e. The molecule has 2 aromatic carbocycles. The van der Waals surface area contributed by atoms with Gasteiger partial charge >= 0.3 is 0 Å². The van der Waals surface area contributed by atoms with Crippen LogP contribution < -0.4 is 5.32 Å². The third kappa shape index (κ3) is 4.28. The first-order valence-electron chi connectivity index (χ1n) is 9.38. The lowest BCUT2D eigenvalue weighted by molar-refractivity contribution is 0.0997. The fourth-order valence-corrected chi connectivity index (χ4v) is 4.19. The highest BCUT2D eigenvalue weighted by atomic mass is 32.2. The van der Waals surface area contributed by atoms with Gasteiger partial charge < -0.3 is 9.73 Å². The molecule has 2 heterocycles. The zero-order valence-electron chi connectivity index (χ0n) is 16.6. The number of carbonyl (C=O) groups is 1. The van der Waals surface area contributed by atoms with Gasteiger partial charge in [0.25, 0.3) is 5.91 Å². The largest absolute Gasteiger partial charge is 0.451 e. The van der Waals surface area contributed by atoms with E-state index in [0.717, 1.165) is 17.5 Å². The van der Waals surface area contributed by atoms with Crippen molar-refractivity contribution < 1.29 is 17.6 Å². The fourth-order valence-electron chi connectivity index (χ4n) is 3.38. The summed E-state index contributed by atoms with van der Waals surface area (Å²) in [6.07, 6.45) is 1.13. The van der Waals surface area contributed by atoms with Crippen LogP contribution in [0.15, 0.2) is 65.1 Å². The van der Waals surface area contributed by atoms with E-state index in [0.29, 0.717) is 28.9 Å². The highest BCUT2D eigenvalue weighted by Gasteiger charge is 2.24. The van der Waals surface area contributed by atoms with Gasteiger partial charge in [0.2, 0.25) is 0 Å². The number of fused-ring (bicyclic) bond motifs is 1. The van der Waals surface area contributed by atoms with Crippen molar-refractivity contribution in [3.8, 4) is 0 Å². The lowest BCUT2D eigenvalue weighted by Gasteiger charge is -2.09. The number of nitrogens with zero attached hydrogens (tertiary/aromatic N) is 2. The molecular weight excluding hydrogens is 402 g/mol. The Morgan fingerprint density at radius 1 is 1.10 bits per heavy atom. The van der Waals surface area contributed by atoms with Crippen LogP contribution >= 0.6 is 0 Å². The molecule has 0 spiro atoms. The Labute approximate surface area is 174 Å². The summed E-state index contributed by atoms with van der Waals surface area (Å²) in [7, 11) is -3.37. The second kappa shape index (κ2) is 7.79. The van der Waals surface area contributed by atoms with E-state index in [1.54, 1.807) is 35.0 Å². The predicted octanol–water partition coefficient (Wildman–Crippen LogP) is 3.78. The molecule has 154 valence electrons. The lowest BCUT2D eigenvalue weighted by Crippen LogP contribution is -2.17. The summed E-state index contributed by atoms with van der Waals surface area (Å²) in [6, 6.07) is 18.6. The SMILES string of the molecule is Cc1cc(NC(=O)c2oc3ccccc3c2CS(C)(=O)=O)n(Cc2ccccc2)n1. The van der Waals surface area contributed by atoms with Crippen molar-refractivity contribution in [3.05, 3.63) is 83.2 Å². The fraction of sp³-hybridized carbons (Fsp3) is 0.182. The van der Waals surface area contributed by atoms with E-state index in [2.05, 4.69) is 10.4 Å². The van der Waals surface area contributed by atoms with Crippen LogP contribution in [0.2, 0.25) is 0 Å². The van der Waals surface area contributed by atoms with E-state index < -0.39 is 15.7 Å². The van der Waals surface area contributed by atoms with Crippen molar-refractivity contribution in [2.75, 3.05) is 11.6 Å². The van der Waals surface area contributed by atoms with E-state index in [1.165, 1.54) is 0 Å². The number of aromatic nitrogens is 2. The van der Waals surface area contributed by atoms with Gasteiger partial charge in [-0.2, -0.15) is 5.10 Å². The molecule has 4 rings (SSSR count). The number of rotatable bonds is 6. The first-order chi connectivity index (χ1) is 14.3. The number of benzene rings is 2. The normalized spacial score (nSPS) is 11.7. The highest BCUT2D eigenvalue weighted by molar-refractivity contribution is 7.89. The molecule has 2 aromatic heterocycles. The number of furan rings is 1. The number of nitrogens with one attached hydrogen (secondary N) is 1. The van der Waals surface area contributed by atoms with Crippen molar-refractivity contribution >= 4 is 32.5 Å². The molecule has 7 nitrogen and oxygen atoms in total. The van der Waals surface area contributed by atoms with Gasteiger partial charge in [0.05, 0.1) is 18.0 Å². The van der Waals surface area contributed by atoms with Gasteiger partial charge in [-0.1, -0.05) is 48.5 Å². The van der Waals surface area contributed by atoms with Gasteiger partial charge in [-0.15, -0.1) is 0 Å². The van der Waals surface area contributed by atoms with Crippen molar-refractivity contribution in [1.29, 1.82) is 0 Å². The predicted molar refractivity (Wildman–Crippen MR) is 115 cm³/mol. The molecule has 0 radical (unpaired) electrons. The highest BCUT2D eigenvalue weighted by Crippen LogP contribution is 2.28. The Balaban J connectivity index is 1.68. The lowest BCUT2D eigenvalue weighted by atomic mass is 10.1. The molecule has 8 heteroatoms. The quantitative estimate of drug-likeness (QED) is 0.509. The first-order valence-corrected chi connectivity index (χ1v) is 11.4. The Morgan fingerprint density at radius 3 is 2.53 bits per heavy atom. The summed E-state index contributed by atoms with van der Waals surface area (Å²) in [4.78, 5) is 13.1. The molecule has 0 saturated heterocycles. The Hall–Kier alpha value is -3.39. The van der Waals surface area contributed by atoms with E-state index in [1.807, 2.05) is 37.3 Å². The van der Waals surface area contributed by atoms with Gasteiger partial charge in [-0.05, 0) is 18.6 Å². The van der Waals surface area contributed by atoms with Crippen LogP contribution in [0.3, 0.4) is 0 Å². The second-order valence-corrected chi connectivity index (χ2v) is 9.38.